The lowest BCUT2D eigenvalue weighted by Crippen LogP contribution is -2.39. The Hall–Kier alpha value is -4.77. The van der Waals surface area contributed by atoms with Gasteiger partial charge in [0, 0.05) is 28.7 Å². The Balaban J connectivity index is 1.60. The van der Waals surface area contributed by atoms with Crippen LogP contribution in [0.3, 0.4) is 0 Å². The average molecular weight is 619 g/mol. The molecule has 1 N–H and O–H groups in total. The van der Waals surface area contributed by atoms with E-state index >= 15 is 0 Å². The van der Waals surface area contributed by atoms with E-state index in [0.29, 0.717) is 18.1 Å². The van der Waals surface area contributed by atoms with Crippen LogP contribution in [-0.4, -0.2) is 52.5 Å². The number of aromatic nitrogens is 1. The van der Waals surface area contributed by atoms with Crippen molar-refractivity contribution in [3.05, 3.63) is 94.8 Å². The molecule has 44 heavy (non-hydrogen) atoms. The number of nitrogens with one attached hydrogen (secondary N) is 1. The molecule has 0 aliphatic heterocycles. The predicted molar refractivity (Wildman–Crippen MR) is 172 cm³/mol. The fraction of sp³-hybridized carbons (Fsp3) is 0.273. The Labute approximate surface area is 258 Å². The highest BCUT2D eigenvalue weighted by Crippen LogP contribution is 2.32. The molecule has 4 rings (SSSR count). The summed E-state index contributed by atoms with van der Waals surface area (Å²) in [4.78, 5) is 13.1. The van der Waals surface area contributed by atoms with Crippen molar-refractivity contribution in [2.24, 2.45) is 5.10 Å². The number of methoxy groups -OCH3 is 2. The van der Waals surface area contributed by atoms with Crippen LogP contribution >= 0.6 is 0 Å². The van der Waals surface area contributed by atoms with E-state index < -0.39 is 22.5 Å². The number of sulfonamides is 1. The van der Waals surface area contributed by atoms with Crippen LogP contribution in [0.2, 0.25) is 0 Å². The predicted octanol–water partition coefficient (Wildman–Crippen LogP) is 5.47. The van der Waals surface area contributed by atoms with Gasteiger partial charge in [0.25, 0.3) is 15.9 Å². The summed E-state index contributed by atoms with van der Waals surface area (Å²) in [6.07, 6.45) is 1.56. The van der Waals surface area contributed by atoms with Crippen molar-refractivity contribution in [1.82, 2.24) is 9.99 Å². The number of carbonyl (C=O) groups is 1. The summed E-state index contributed by atoms with van der Waals surface area (Å²) in [6.45, 7) is 9.91. The Morgan fingerprint density at radius 2 is 1.64 bits per heavy atom. The Bertz CT molecular complexity index is 1780. The molecule has 11 heteroatoms. The van der Waals surface area contributed by atoms with Crippen molar-refractivity contribution in [1.29, 1.82) is 0 Å². The van der Waals surface area contributed by atoms with Gasteiger partial charge < -0.3 is 18.8 Å². The first-order valence-electron chi connectivity index (χ1n) is 14.1. The van der Waals surface area contributed by atoms with Gasteiger partial charge in [-0.3, -0.25) is 9.10 Å². The molecular weight excluding hydrogens is 580 g/mol. The second-order valence-electron chi connectivity index (χ2n) is 10.2. The standard InChI is InChI=1S/C33H38N4O6S/c1-8-43-28-12-10-27(11-13-28)36(44(39,40)29-14-16-31(41-6)32(19-29)42-7)21-33(38)35-34-20-26-18-24(4)37(25(26)5)30-15-9-22(2)17-23(30)3/h9-20H,8,21H2,1-7H3,(H,35,38)/b34-20-. The van der Waals surface area contributed by atoms with E-state index in [2.05, 4.69) is 47.1 Å². The summed E-state index contributed by atoms with van der Waals surface area (Å²) in [7, 11) is -1.33. The van der Waals surface area contributed by atoms with E-state index in [1.54, 1.807) is 30.5 Å². The van der Waals surface area contributed by atoms with Crippen LogP contribution in [0, 0.1) is 27.7 Å². The molecule has 232 valence electrons. The van der Waals surface area contributed by atoms with Crippen molar-refractivity contribution in [3.63, 3.8) is 0 Å². The number of carbonyl (C=O) groups excluding carboxylic acids is 1. The molecule has 0 atom stereocenters. The van der Waals surface area contributed by atoms with Crippen LogP contribution in [0.1, 0.15) is 35.0 Å². The second-order valence-corrected chi connectivity index (χ2v) is 12.1. The zero-order valence-corrected chi connectivity index (χ0v) is 26.9. The third-order valence-electron chi connectivity index (χ3n) is 7.12. The van der Waals surface area contributed by atoms with Crippen LogP contribution in [0.5, 0.6) is 17.2 Å². The number of nitrogens with zero attached hydrogens (tertiary/aromatic N) is 3. The molecule has 4 aromatic rings. The molecule has 1 amide bonds. The average Bonchev–Trinajstić information content (AvgIpc) is 3.28. The molecule has 0 spiro atoms. The van der Waals surface area contributed by atoms with E-state index in [4.69, 9.17) is 14.2 Å². The Morgan fingerprint density at radius 3 is 2.27 bits per heavy atom. The van der Waals surface area contributed by atoms with Gasteiger partial charge in [0.2, 0.25) is 0 Å². The summed E-state index contributed by atoms with van der Waals surface area (Å²) >= 11 is 0. The lowest BCUT2D eigenvalue weighted by Gasteiger charge is -2.24. The molecule has 1 heterocycles. The van der Waals surface area contributed by atoms with Crippen LogP contribution in [0.4, 0.5) is 5.69 Å². The Morgan fingerprint density at radius 1 is 0.932 bits per heavy atom. The van der Waals surface area contributed by atoms with Crippen molar-refractivity contribution in [3.8, 4) is 22.9 Å². The summed E-state index contributed by atoms with van der Waals surface area (Å²) < 4.78 is 47.0. The highest BCUT2D eigenvalue weighted by molar-refractivity contribution is 7.92. The maximum absolute atomic E-state index is 13.9. The summed E-state index contributed by atoms with van der Waals surface area (Å²) in [5.41, 5.74) is 8.97. The number of hydrogen-bond donors (Lipinski definition) is 1. The monoisotopic (exact) mass is 618 g/mol. The molecule has 0 unspecified atom stereocenters. The largest absolute Gasteiger partial charge is 0.494 e. The van der Waals surface area contributed by atoms with Gasteiger partial charge in [0.1, 0.15) is 12.3 Å². The first-order chi connectivity index (χ1) is 21.0. The molecule has 0 saturated carbocycles. The van der Waals surface area contributed by atoms with E-state index in [0.717, 1.165) is 32.5 Å². The summed E-state index contributed by atoms with van der Waals surface area (Å²) in [6, 6.07) is 19.0. The molecule has 0 bridgehead atoms. The molecule has 0 saturated heterocycles. The zero-order chi connectivity index (χ0) is 32.0. The van der Waals surface area contributed by atoms with Crippen LogP contribution in [-0.2, 0) is 14.8 Å². The highest BCUT2D eigenvalue weighted by Gasteiger charge is 2.28. The fourth-order valence-electron chi connectivity index (χ4n) is 4.98. The minimum Gasteiger partial charge on any atom is -0.494 e. The second kappa shape index (κ2) is 13.7. The molecule has 0 aliphatic rings. The number of rotatable bonds is 12. The van der Waals surface area contributed by atoms with E-state index in [1.165, 1.54) is 38.0 Å². The minimum atomic E-state index is -4.22. The SMILES string of the molecule is CCOc1ccc(N(CC(=O)N/N=C\c2cc(C)n(-c3ccc(C)cc3C)c2C)S(=O)(=O)c2ccc(OC)c(OC)c2)cc1. The van der Waals surface area contributed by atoms with Crippen molar-refractivity contribution >= 4 is 27.8 Å². The van der Waals surface area contributed by atoms with E-state index in [9.17, 15) is 13.2 Å². The topological polar surface area (TPSA) is 111 Å². The molecule has 1 aromatic heterocycles. The number of hydrogen-bond acceptors (Lipinski definition) is 7. The lowest BCUT2D eigenvalue weighted by atomic mass is 10.1. The molecule has 0 aliphatic carbocycles. The molecule has 0 radical (unpaired) electrons. The van der Waals surface area contributed by atoms with Gasteiger partial charge in [-0.2, -0.15) is 5.10 Å². The van der Waals surface area contributed by atoms with Gasteiger partial charge in [0.15, 0.2) is 11.5 Å². The Kier molecular flexibility index (Phi) is 10.00. The number of aryl methyl sites for hydroxylation is 3. The summed E-state index contributed by atoms with van der Waals surface area (Å²) in [5.74, 6) is 0.574. The molecule has 0 fully saturated rings. The number of amides is 1. The van der Waals surface area contributed by atoms with Gasteiger partial charge >= 0.3 is 0 Å². The molecule has 10 nitrogen and oxygen atoms in total. The van der Waals surface area contributed by atoms with Crippen molar-refractivity contribution in [2.75, 3.05) is 31.7 Å². The number of ether oxygens (including phenoxy) is 3. The maximum atomic E-state index is 13.9. The maximum Gasteiger partial charge on any atom is 0.264 e. The quantitative estimate of drug-likeness (QED) is 0.167. The van der Waals surface area contributed by atoms with Crippen LogP contribution in [0.25, 0.3) is 5.69 Å². The van der Waals surface area contributed by atoms with E-state index in [1.807, 2.05) is 26.8 Å². The first kappa shape index (κ1) is 32.2. The number of anilines is 1. The molecular formula is C33H38N4O6S. The van der Waals surface area contributed by atoms with Crippen molar-refractivity contribution in [2.45, 2.75) is 39.5 Å². The normalized spacial score (nSPS) is 11.4. The zero-order valence-electron chi connectivity index (χ0n) is 26.0. The van der Waals surface area contributed by atoms with Gasteiger partial charge in [0.05, 0.1) is 37.6 Å². The van der Waals surface area contributed by atoms with Gasteiger partial charge in [-0.05, 0) is 88.7 Å². The minimum absolute atomic E-state index is 0.0702. The third kappa shape index (κ3) is 6.89. The highest BCUT2D eigenvalue weighted by atomic mass is 32.2. The van der Waals surface area contributed by atoms with Gasteiger partial charge in [-0.1, -0.05) is 17.7 Å². The smallest absolute Gasteiger partial charge is 0.264 e. The van der Waals surface area contributed by atoms with Crippen molar-refractivity contribution < 1.29 is 27.4 Å². The lowest BCUT2D eigenvalue weighted by molar-refractivity contribution is -0.119. The van der Waals surface area contributed by atoms with Crippen LogP contribution < -0.4 is 23.9 Å². The van der Waals surface area contributed by atoms with E-state index in [-0.39, 0.29) is 16.3 Å². The number of benzene rings is 3. The number of hydrazone groups is 1. The first-order valence-corrected chi connectivity index (χ1v) is 15.5. The molecule has 3 aromatic carbocycles. The summed E-state index contributed by atoms with van der Waals surface area (Å²) in [5, 5.41) is 4.16. The van der Waals surface area contributed by atoms with Crippen LogP contribution in [0.15, 0.2) is 76.7 Å². The van der Waals surface area contributed by atoms with Gasteiger partial charge in [-0.15, -0.1) is 0 Å². The fourth-order valence-corrected chi connectivity index (χ4v) is 6.42. The van der Waals surface area contributed by atoms with Gasteiger partial charge in [-0.25, -0.2) is 13.8 Å². The third-order valence-corrected chi connectivity index (χ3v) is 8.89.